The van der Waals surface area contributed by atoms with Crippen LogP contribution in [0.3, 0.4) is 0 Å². The second-order valence-corrected chi connectivity index (χ2v) is 7.79. The molecule has 6 nitrogen and oxygen atoms in total. The third-order valence-electron chi connectivity index (χ3n) is 2.78. The molecule has 0 radical (unpaired) electrons. The molecule has 122 valence electrons. The van der Waals surface area contributed by atoms with Gasteiger partial charge in [-0.2, -0.15) is 13.5 Å². The Labute approximate surface area is 150 Å². The highest BCUT2D eigenvalue weighted by Gasteiger charge is 2.12. The van der Waals surface area contributed by atoms with Crippen molar-refractivity contribution in [2.75, 3.05) is 7.11 Å². The normalized spacial score (nSPS) is 11.6. The molecule has 23 heavy (non-hydrogen) atoms. The van der Waals surface area contributed by atoms with Crippen LogP contribution in [-0.2, 0) is 10.0 Å². The van der Waals surface area contributed by atoms with Gasteiger partial charge in [0.15, 0.2) is 11.5 Å². The lowest BCUT2D eigenvalue weighted by Crippen LogP contribution is -2.18. The summed E-state index contributed by atoms with van der Waals surface area (Å²) in [5.41, 5.74) is 0.546. The minimum Gasteiger partial charge on any atom is -0.503 e. The molecule has 0 aliphatic carbocycles. The zero-order valence-electron chi connectivity index (χ0n) is 11.8. The zero-order chi connectivity index (χ0) is 17.0. The fourth-order valence-electron chi connectivity index (χ4n) is 1.66. The Morgan fingerprint density at radius 1 is 1.22 bits per heavy atom. The smallest absolute Gasteiger partial charge is 0.276 e. The number of nitrogens with zero attached hydrogens (tertiary/aromatic N) is 1. The SMILES string of the molecule is COc1cc(/C=N\NS(=O)(=O)c2ccc(Br)cc2)cc(Br)c1O. The number of methoxy groups -OCH3 is 1. The van der Waals surface area contributed by atoms with Crippen LogP contribution in [0.2, 0.25) is 0 Å². The Morgan fingerprint density at radius 3 is 2.48 bits per heavy atom. The number of rotatable bonds is 5. The van der Waals surface area contributed by atoms with E-state index in [0.29, 0.717) is 10.0 Å². The highest BCUT2D eigenvalue weighted by molar-refractivity contribution is 9.10. The van der Waals surface area contributed by atoms with Gasteiger partial charge in [0.05, 0.1) is 22.7 Å². The summed E-state index contributed by atoms with van der Waals surface area (Å²) in [6.07, 6.45) is 1.31. The van der Waals surface area contributed by atoms with E-state index in [0.717, 1.165) is 4.47 Å². The molecule has 0 aliphatic heterocycles. The van der Waals surface area contributed by atoms with Crippen molar-refractivity contribution in [1.82, 2.24) is 4.83 Å². The van der Waals surface area contributed by atoms with Crippen LogP contribution in [0, 0.1) is 0 Å². The summed E-state index contributed by atoms with van der Waals surface area (Å²) in [5, 5.41) is 13.4. The van der Waals surface area contributed by atoms with E-state index in [1.165, 1.54) is 31.5 Å². The minimum atomic E-state index is -3.74. The zero-order valence-corrected chi connectivity index (χ0v) is 15.8. The number of sulfonamides is 1. The van der Waals surface area contributed by atoms with Crippen LogP contribution in [0.5, 0.6) is 11.5 Å². The lowest BCUT2D eigenvalue weighted by molar-refractivity contribution is 0.372. The molecule has 0 amide bonds. The first-order valence-electron chi connectivity index (χ1n) is 6.20. The Kier molecular flexibility index (Phi) is 5.66. The van der Waals surface area contributed by atoms with Crippen LogP contribution in [0.4, 0.5) is 0 Å². The van der Waals surface area contributed by atoms with Gasteiger partial charge in [-0.3, -0.25) is 0 Å². The second kappa shape index (κ2) is 7.33. The van der Waals surface area contributed by atoms with E-state index in [1.54, 1.807) is 18.2 Å². The second-order valence-electron chi connectivity index (χ2n) is 4.36. The molecular weight excluding hydrogens is 452 g/mol. The fraction of sp³-hybridized carbons (Fsp3) is 0.0714. The van der Waals surface area contributed by atoms with Crippen LogP contribution in [0.1, 0.15) is 5.56 Å². The van der Waals surface area contributed by atoms with E-state index in [4.69, 9.17) is 4.74 Å². The summed E-state index contributed by atoms with van der Waals surface area (Å²) in [4.78, 5) is 2.22. The number of phenolic OH excluding ortho intramolecular Hbond substituents is 1. The number of hydrogen-bond acceptors (Lipinski definition) is 5. The number of aromatic hydroxyl groups is 1. The highest BCUT2D eigenvalue weighted by atomic mass is 79.9. The summed E-state index contributed by atoms with van der Waals surface area (Å²) >= 11 is 6.42. The van der Waals surface area contributed by atoms with Crippen molar-refractivity contribution in [3.8, 4) is 11.5 Å². The number of nitrogens with one attached hydrogen (secondary N) is 1. The standard InChI is InChI=1S/C14H12Br2N2O4S/c1-22-13-7-9(6-12(16)14(13)19)8-17-18-23(20,21)11-4-2-10(15)3-5-11/h2-8,18-19H,1H3/b17-8-. The van der Waals surface area contributed by atoms with Gasteiger partial charge in [0.2, 0.25) is 0 Å². The Hall–Kier alpha value is -1.58. The molecule has 0 fully saturated rings. The van der Waals surface area contributed by atoms with E-state index in [2.05, 4.69) is 41.8 Å². The topological polar surface area (TPSA) is 88.0 Å². The first kappa shape index (κ1) is 17.8. The minimum absolute atomic E-state index is 0.0416. The molecule has 2 rings (SSSR count). The maximum Gasteiger partial charge on any atom is 0.276 e. The summed E-state index contributed by atoms with van der Waals surface area (Å²) in [5.74, 6) is 0.205. The average molecular weight is 464 g/mol. The monoisotopic (exact) mass is 462 g/mol. The van der Waals surface area contributed by atoms with Crippen molar-refractivity contribution in [2.24, 2.45) is 5.10 Å². The first-order chi connectivity index (χ1) is 10.8. The Balaban J connectivity index is 2.18. The molecule has 0 atom stereocenters. The largest absolute Gasteiger partial charge is 0.503 e. The quantitative estimate of drug-likeness (QED) is 0.526. The molecule has 9 heteroatoms. The molecule has 0 saturated carbocycles. The van der Waals surface area contributed by atoms with E-state index in [9.17, 15) is 13.5 Å². The molecule has 0 heterocycles. The molecule has 0 aromatic heterocycles. The molecule has 2 aromatic rings. The van der Waals surface area contributed by atoms with E-state index < -0.39 is 10.0 Å². The van der Waals surface area contributed by atoms with Gasteiger partial charge >= 0.3 is 0 Å². The van der Waals surface area contributed by atoms with Crippen molar-refractivity contribution in [1.29, 1.82) is 0 Å². The predicted octanol–water partition coefficient (Wildman–Crippen LogP) is 3.24. The van der Waals surface area contributed by atoms with Crippen molar-refractivity contribution >= 4 is 48.1 Å². The maximum atomic E-state index is 12.1. The molecule has 0 unspecified atom stereocenters. The summed E-state index contributed by atoms with van der Waals surface area (Å²) in [6, 6.07) is 9.28. The van der Waals surface area contributed by atoms with Crippen LogP contribution in [0.25, 0.3) is 0 Å². The number of ether oxygens (including phenoxy) is 1. The summed E-state index contributed by atoms with van der Waals surface area (Å²) in [7, 11) is -2.33. The number of benzene rings is 2. The molecule has 0 saturated heterocycles. The van der Waals surface area contributed by atoms with Crippen molar-refractivity contribution in [2.45, 2.75) is 4.90 Å². The molecule has 0 aliphatic rings. The number of hydrogen-bond donors (Lipinski definition) is 2. The number of phenols is 1. The van der Waals surface area contributed by atoms with Gasteiger partial charge in [-0.15, -0.1) is 0 Å². The maximum absolute atomic E-state index is 12.1. The van der Waals surface area contributed by atoms with E-state index in [-0.39, 0.29) is 16.4 Å². The van der Waals surface area contributed by atoms with Crippen molar-refractivity contribution in [3.05, 3.63) is 50.9 Å². The lowest BCUT2D eigenvalue weighted by atomic mass is 10.2. The third kappa shape index (κ3) is 4.46. The van der Waals surface area contributed by atoms with Gasteiger partial charge in [-0.1, -0.05) is 15.9 Å². The van der Waals surface area contributed by atoms with Gasteiger partial charge in [0.1, 0.15) is 0 Å². The molecular formula is C14H12Br2N2O4S. The van der Waals surface area contributed by atoms with Crippen LogP contribution >= 0.6 is 31.9 Å². The van der Waals surface area contributed by atoms with Gasteiger partial charge < -0.3 is 9.84 Å². The first-order valence-corrected chi connectivity index (χ1v) is 9.27. The summed E-state index contributed by atoms with van der Waals surface area (Å²) < 4.78 is 30.3. The lowest BCUT2D eigenvalue weighted by Gasteiger charge is -2.06. The highest BCUT2D eigenvalue weighted by Crippen LogP contribution is 2.34. The van der Waals surface area contributed by atoms with E-state index >= 15 is 0 Å². The van der Waals surface area contributed by atoms with Crippen LogP contribution < -0.4 is 9.57 Å². The Bertz CT molecular complexity index is 837. The third-order valence-corrected chi connectivity index (χ3v) is 5.15. The summed E-state index contributed by atoms with van der Waals surface area (Å²) in [6.45, 7) is 0. The van der Waals surface area contributed by atoms with Crippen LogP contribution in [0.15, 0.2) is 55.3 Å². The average Bonchev–Trinajstić information content (AvgIpc) is 2.51. The molecule has 0 bridgehead atoms. The molecule has 2 aromatic carbocycles. The van der Waals surface area contributed by atoms with Crippen molar-refractivity contribution in [3.63, 3.8) is 0 Å². The Morgan fingerprint density at radius 2 is 1.87 bits per heavy atom. The molecule has 0 spiro atoms. The van der Waals surface area contributed by atoms with Gasteiger partial charge in [-0.05, 0) is 57.9 Å². The number of halogens is 2. The fourth-order valence-corrected chi connectivity index (χ4v) is 3.18. The van der Waals surface area contributed by atoms with Gasteiger partial charge in [0, 0.05) is 4.47 Å². The van der Waals surface area contributed by atoms with E-state index in [1.807, 2.05) is 0 Å². The van der Waals surface area contributed by atoms with Crippen molar-refractivity contribution < 1.29 is 18.3 Å². The van der Waals surface area contributed by atoms with Gasteiger partial charge in [0.25, 0.3) is 10.0 Å². The van der Waals surface area contributed by atoms with Crippen LogP contribution in [-0.4, -0.2) is 26.8 Å². The molecule has 2 N–H and O–H groups in total. The van der Waals surface area contributed by atoms with Gasteiger partial charge in [-0.25, -0.2) is 4.83 Å². The predicted molar refractivity (Wildman–Crippen MR) is 94.4 cm³/mol. The number of hydrazone groups is 1.